The van der Waals surface area contributed by atoms with E-state index in [4.69, 9.17) is 4.74 Å². The molecule has 0 saturated carbocycles. The number of benzene rings is 3. The predicted molar refractivity (Wildman–Crippen MR) is 138 cm³/mol. The zero-order chi connectivity index (χ0) is 23.4. The fraction of sp³-hybridized carbons (Fsp3) is 0.345. The van der Waals surface area contributed by atoms with Crippen molar-refractivity contribution in [3.05, 3.63) is 96.1 Å². The van der Waals surface area contributed by atoms with Crippen LogP contribution in [0.15, 0.2) is 84.9 Å². The zero-order valence-corrected chi connectivity index (χ0v) is 19.8. The molecule has 0 radical (unpaired) electrons. The number of likely N-dealkylation sites (tertiary alicyclic amines) is 1. The highest BCUT2D eigenvalue weighted by Crippen LogP contribution is 2.21. The van der Waals surface area contributed by atoms with Crippen LogP contribution in [0.4, 0.5) is 10.5 Å². The lowest BCUT2D eigenvalue weighted by atomic mass is 9.90. The van der Waals surface area contributed by atoms with Crippen LogP contribution in [-0.2, 0) is 13.0 Å². The average molecular weight is 458 g/mol. The highest BCUT2D eigenvalue weighted by Gasteiger charge is 2.19. The Morgan fingerprint density at radius 2 is 1.50 bits per heavy atom. The summed E-state index contributed by atoms with van der Waals surface area (Å²) in [6, 6.07) is 28.2. The molecule has 1 fully saturated rings. The first-order chi connectivity index (χ1) is 16.7. The first kappa shape index (κ1) is 23.8. The van der Waals surface area contributed by atoms with Crippen molar-refractivity contribution in [2.45, 2.75) is 32.3 Å². The Morgan fingerprint density at radius 1 is 0.853 bits per heavy atom. The number of amides is 2. The monoisotopic (exact) mass is 457 g/mol. The minimum Gasteiger partial charge on any atom is -0.489 e. The van der Waals surface area contributed by atoms with Gasteiger partial charge in [-0.3, -0.25) is 0 Å². The van der Waals surface area contributed by atoms with Gasteiger partial charge in [0.1, 0.15) is 12.4 Å². The normalized spacial score (nSPS) is 14.5. The van der Waals surface area contributed by atoms with E-state index < -0.39 is 0 Å². The summed E-state index contributed by atoms with van der Waals surface area (Å²) in [5, 5.41) is 5.86. The summed E-state index contributed by atoms with van der Waals surface area (Å²) in [6.45, 7) is 4.55. The molecule has 0 aliphatic carbocycles. The van der Waals surface area contributed by atoms with Crippen LogP contribution in [0.2, 0.25) is 0 Å². The van der Waals surface area contributed by atoms with Gasteiger partial charge in [-0.25, -0.2) is 4.79 Å². The average Bonchev–Trinajstić information content (AvgIpc) is 2.88. The maximum absolute atomic E-state index is 12.2. The summed E-state index contributed by atoms with van der Waals surface area (Å²) in [7, 11) is 0. The van der Waals surface area contributed by atoms with Gasteiger partial charge in [-0.1, -0.05) is 60.7 Å². The molecule has 1 aliphatic rings. The summed E-state index contributed by atoms with van der Waals surface area (Å²) >= 11 is 0. The maximum atomic E-state index is 12.2. The van der Waals surface area contributed by atoms with E-state index in [0.29, 0.717) is 13.2 Å². The van der Waals surface area contributed by atoms with Crippen LogP contribution in [0.3, 0.4) is 0 Å². The molecule has 34 heavy (non-hydrogen) atoms. The maximum Gasteiger partial charge on any atom is 0.319 e. The molecular formula is C29H35N3O2. The molecule has 2 amide bonds. The van der Waals surface area contributed by atoms with Crippen LogP contribution in [0.5, 0.6) is 5.75 Å². The highest BCUT2D eigenvalue weighted by molar-refractivity contribution is 5.89. The molecule has 1 heterocycles. The fourth-order valence-corrected chi connectivity index (χ4v) is 4.42. The van der Waals surface area contributed by atoms with Crippen LogP contribution in [0.1, 0.15) is 30.4 Å². The van der Waals surface area contributed by atoms with Gasteiger partial charge in [0.25, 0.3) is 0 Å². The number of hydrogen-bond donors (Lipinski definition) is 2. The molecule has 4 rings (SSSR count). The number of anilines is 1. The molecule has 3 aromatic carbocycles. The van der Waals surface area contributed by atoms with Gasteiger partial charge in [0.05, 0.1) is 0 Å². The van der Waals surface area contributed by atoms with E-state index in [-0.39, 0.29) is 6.03 Å². The van der Waals surface area contributed by atoms with Crippen LogP contribution in [0.25, 0.3) is 0 Å². The molecular weight excluding hydrogens is 422 g/mol. The zero-order valence-electron chi connectivity index (χ0n) is 19.8. The van der Waals surface area contributed by atoms with Gasteiger partial charge in [-0.2, -0.15) is 0 Å². The van der Waals surface area contributed by atoms with E-state index in [1.807, 2.05) is 54.6 Å². The van der Waals surface area contributed by atoms with Crippen molar-refractivity contribution in [2.24, 2.45) is 5.92 Å². The van der Waals surface area contributed by atoms with E-state index in [1.165, 1.54) is 24.8 Å². The van der Waals surface area contributed by atoms with E-state index in [9.17, 15) is 4.79 Å². The molecule has 1 aliphatic heterocycles. The molecule has 0 spiro atoms. The number of nitrogens with zero attached hydrogens (tertiary/aromatic N) is 1. The summed E-state index contributed by atoms with van der Waals surface area (Å²) in [5.74, 6) is 1.57. The lowest BCUT2D eigenvalue weighted by molar-refractivity contribution is 0.182. The number of hydrogen-bond acceptors (Lipinski definition) is 3. The second-order valence-corrected chi connectivity index (χ2v) is 9.01. The van der Waals surface area contributed by atoms with Crippen molar-refractivity contribution < 1.29 is 9.53 Å². The van der Waals surface area contributed by atoms with Gasteiger partial charge < -0.3 is 20.3 Å². The lowest BCUT2D eigenvalue weighted by Gasteiger charge is -2.32. The number of nitrogens with one attached hydrogen (secondary N) is 2. The minimum atomic E-state index is -0.167. The summed E-state index contributed by atoms with van der Waals surface area (Å²) in [6.07, 6.45) is 4.67. The summed E-state index contributed by atoms with van der Waals surface area (Å²) in [4.78, 5) is 14.7. The second kappa shape index (κ2) is 12.8. The number of carbonyl (C=O) groups excluding carboxylic acids is 1. The molecule has 5 nitrogen and oxygen atoms in total. The topological polar surface area (TPSA) is 53.6 Å². The van der Waals surface area contributed by atoms with E-state index in [1.54, 1.807) is 0 Å². The number of ether oxygens (including phenoxy) is 1. The molecule has 1 saturated heterocycles. The van der Waals surface area contributed by atoms with Crippen molar-refractivity contribution in [3.8, 4) is 5.75 Å². The van der Waals surface area contributed by atoms with Gasteiger partial charge in [0, 0.05) is 12.2 Å². The quantitative estimate of drug-likeness (QED) is 0.382. The molecule has 5 heteroatoms. The summed E-state index contributed by atoms with van der Waals surface area (Å²) < 4.78 is 5.79. The van der Waals surface area contributed by atoms with Gasteiger partial charge in [-0.05, 0) is 86.6 Å². The molecule has 178 valence electrons. The minimum absolute atomic E-state index is 0.167. The fourth-order valence-electron chi connectivity index (χ4n) is 4.42. The van der Waals surface area contributed by atoms with Gasteiger partial charge in [0.15, 0.2) is 0 Å². The number of rotatable bonds is 10. The van der Waals surface area contributed by atoms with Crippen molar-refractivity contribution in [3.63, 3.8) is 0 Å². The Labute approximate surface area is 203 Å². The van der Waals surface area contributed by atoms with Gasteiger partial charge >= 0.3 is 6.03 Å². The van der Waals surface area contributed by atoms with Crippen molar-refractivity contribution in [1.29, 1.82) is 0 Å². The van der Waals surface area contributed by atoms with Crippen molar-refractivity contribution in [1.82, 2.24) is 10.2 Å². The first-order valence-corrected chi connectivity index (χ1v) is 12.3. The Kier molecular flexibility index (Phi) is 8.98. The lowest BCUT2D eigenvalue weighted by Crippen LogP contribution is -2.37. The number of urea groups is 1. The van der Waals surface area contributed by atoms with Crippen LogP contribution in [0, 0.1) is 5.92 Å². The Morgan fingerprint density at radius 3 is 2.18 bits per heavy atom. The van der Waals surface area contributed by atoms with E-state index >= 15 is 0 Å². The first-order valence-electron chi connectivity index (χ1n) is 12.3. The SMILES string of the molecule is O=C(NCCCN1CCC(Cc2ccccc2)CC1)Nc1ccc(OCc2ccccc2)cc1. The van der Waals surface area contributed by atoms with Crippen LogP contribution < -0.4 is 15.4 Å². The molecule has 0 bridgehead atoms. The molecule has 0 aromatic heterocycles. The Bertz CT molecular complexity index is 985. The van der Waals surface area contributed by atoms with Crippen LogP contribution in [-0.4, -0.2) is 37.1 Å². The molecule has 3 aromatic rings. The number of piperidine rings is 1. The van der Waals surface area contributed by atoms with E-state index in [0.717, 1.165) is 49.0 Å². The number of carbonyl (C=O) groups is 1. The third-order valence-electron chi connectivity index (χ3n) is 6.37. The van der Waals surface area contributed by atoms with E-state index in [2.05, 4.69) is 45.9 Å². The Hall–Kier alpha value is -3.31. The second-order valence-electron chi connectivity index (χ2n) is 9.01. The third-order valence-corrected chi connectivity index (χ3v) is 6.37. The predicted octanol–water partition coefficient (Wildman–Crippen LogP) is 5.73. The largest absolute Gasteiger partial charge is 0.489 e. The summed E-state index contributed by atoms with van der Waals surface area (Å²) in [5.41, 5.74) is 3.33. The smallest absolute Gasteiger partial charge is 0.319 e. The third kappa shape index (κ3) is 7.92. The highest BCUT2D eigenvalue weighted by atomic mass is 16.5. The molecule has 2 N–H and O–H groups in total. The van der Waals surface area contributed by atoms with Gasteiger partial charge in [0.2, 0.25) is 0 Å². The molecule has 0 atom stereocenters. The standard InChI is InChI=1S/C29H35N3O2/c33-29(31-27-12-14-28(15-13-27)34-23-26-10-5-2-6-11-26)30-18-7-19-32-20-16-25(17-21-32)22-24-8-3-1-4-9-24/h1-6,8-15,25H,7,16-23H2,(H2,30,31,33). The Balaban J connectivity index is 1.07. The van der Waals surface area contributed by atoms with Crippen LogP contribution >= 0.6 is 0 Å². The van der Waals surface area contributed by atoms with Crippen molar-refractivity contribution in [2.75, 3.05) is 31.5 Å². The van der Waals surface area contributed by atoms with Gasteiger partial charge in [-0.15, -0.1) is 0 Å². The molecule has 0 unspecified atom stereocenters. The van der Waals surface area contributed by atoms with Crippen molar-refractivity contribution >= 4 is 11.7 Å².